The van der Waals surface area contributed by atoms with Crippen molar-refractivity contribution in [2.75, 3.05) is 19.6 Å². The summed E-state index contributed by atoms with van der Waals surface area (Å²) in [5.74, 6) is 0.635. The predicted octanol–water partition coefficient (Wildman–Crippen LogP) is 4.55. The molecule has 3 amide bonds. The summed E-state index contributed by atoms with van der Waals surface area (Å²) in [6.07, 6.45) is 1.56. The van der Waals surface area contributed by atoms with Gasteiger partial charge in [0.2, 0.25) is 5.91 Å². The molecule has 1 fully saturated rings. The Balaban J connectivity index is 1.69. The highest BCUT2D eigenvalue weighted by molar-refractivity contribution is 7.03. The van der Waals surface area contributed by atoms with Gasteiger partial charge in [0.1, 0.15) is 24.2 Å². The highest BCUT2D eigenvalue weighted by Crippen LogP contribution is 2.45. The predicted molar refractivity (Wildman–Crippen MR) is 144 cm³/mol. The van der Waals surface area contributed by atoms with Crippen molar-refractivity contribution in [2.45, 2.75) is 32.0 Å². The number of urea groups is 1. The van der Waals surface area contributed by atoms with Crippen LogP contribution in [0.3, 0.4) is 0 Å². The summed E-state index contributed by atoms with van der Waals surface area (Å²) in [6.45, 7) is 4.48. The van der Waals surface area contributed by atoms with E-state index in [1.54, 1.807) is 41.4 Å². The van der Waals surface area contributed by atoms with E-state index >= 15 is 0 Å². The first-order chi connectivity index (χ1) is 18.4. The van der Waals surface area contributed by atoms with Crippen LogP contribution in [0.1, 0.15) is 48.2 Å². The Morgan fingerprint density at radius 3 is 2.68 bits per heavy atom. The van der Waals surface area contributed by atoms with E-state index in [2.05, 4.69) is 15.8 Å². The van der Waals surface area contributed by atoms with Crippen molar-refractivity contribution in [2.24, 2.45) is 4.99 Å². The Morgan fingerprint density at radius 2 is 2.03 bits per heavy atom. The maximum atomic E-state index is 14.2. The first-order valence-electron chi connectivity index (χ1n) is 12.1. The fraction of sp³-hybridized carbons (Fsp3) is 0.296. The minimum Gasteiger partial charge on any atom is -0.490 e. The number of nitrogens with one attached hydrogen (secondary N) is 1. The summed E-state index contributed by atoms with van der Waals surface area (Å²) in [4.78, 5) is 34.6. The van der Waals surface area contributed by atoms with E-state index < -0.39 is 12.1 Å². The number of amidine groups is 1. The quantitative estimate of drug-likeness (QED) is 0.503. The molecule has 1 aromatic heterocycles. The summed E-state index contributed by atoms with van der Waals surface area (Å²) < 4.78 is 10.4. The lowest BCUT2D eigenvalue weighted by molar-refractivity contribution is -0.123. The van der Waals surface area contributed by atoms with Crippen molar-refractivity contribution in [1.82, 2.24) is 19.5 Å². The smallest absolute Gasteiger partial charge is 0.326 e. The number of rotatable bonds is 5. The largest absolute Gasteiger partial charge is 0.490 e. The zero-order chi connectivity index (χ0) is 26.8. The van der Waals surface area contributed by atoms with E-state index in [0.29, 0.717) is 40.8 Å². The van der Waals surface area contributed by atoms with E-state index in [1.165, 1.54) is 16.4 Å². The number of aliphatic imine (C=N–C) groups is 1. The lowest BCUT2D eigenvalue weighted by atomic mass is 9.96. The molecule has 1 saturated heterocycles. The van der Waals surface area contributed by atoms with Gasteiger partial charge < -0.3 is 15.0 Å². The molecule has 0 spiro atoms. The number of nitriles is 1. The second-order valence-electron chi connectivity index (χ2n) is 9.27. The number of nitrogens with zero attached hydrogens (tertiary/aromatic N) is 5. The molecule has 0 bridgehead atoms. The van der Waals surface area contributed by atoms with Crippen LogP contribution in [0.15, 0.2) is 59.0 Å². The SMILES string of the molecule is CC(C)Oc1cc(C#N)ccc1C1=NC(c2ccc(Cl)cc2)C(c2cnsc2)N1C(=O)N1CCNC(=O)C1. The molecular formula is C27H25ClN6O3S. The molecular weight excluding hydrogens is 524 g/mol. The maximum absolute atomic E-state index is 14.2. The van der Waals surface area contributed by atoms with Crippen LogP contribution in [0.2, 0.25) is 5.02 Å². The maximum Gasteiger partial charge on any atom is 0.326 e. The third-order valence-electron chi connectivity index (χ3n) is 6.30. The second-order valence-corrected chi connectivity index (χ2v) is 10.4. The molecule has 3 heterocycles. The molecule has 38 heavy (non-hydrogen) atoms. The molecule has 0 saturated carbocycles. The molecule has 3 aromatic rings. The van der Waals surface area contributed by atoms with Crippen LogP contribution in [-0.4, -0.2) is 57.7 Å². The van der Waals surface area contributed by atoms with Gasteiger partial charge in [0.15, 0.2) is 0 Å². The number of carbonyl (C=O) groups is 2. The van der Waals surface area contributed by atoms with Crippen molar-refractivity contribution in [3.8, 4) is 11.8 Å². The summed E-state index contributed by atoms with van der Waals surface area (Å²) in [5, 5.41) is 14.8. The highest BCUT2D eigenvalue weighted by Gasteiger charge is 2.45. The van der Waals surface area contributed by atoms with Crippen molar-refractivity contribution >= 4 is 40.9 Å². The number of carbonyl (C=O) groups excluding carboxylic acids is 2. The van der Waals surface area contributed by atoms with Crippen LogP contribution in [0.5, 0.6) is 5.75 Å². The lowest BCUT2D eigenvalue weighted by Gasteiger charge is -2.35. The Morgan fingerprint density at radius 1 is 1.24 bits per heavy atom. The highest BCUT2D eigenvalue weighted by atomic mass is 35.5. The average molecular weight is 549 g/mol. The van der Waals surface area contributed by atoms with Gasteiger partial charge in [-0.15, -0.1) is 0 Å². The molecule has 2 aliphatic rings. The van der Waals surface area contributed by atoms with Gasteiger partial charge in [0.25, 0.3) is 0 Å². The number of halogens is 1. The second kappa shape index (κ2) is 10.8. The fourth-order valence-corrected chi connectivity index (χ4v) is 5.33. The molecule has 2 aliphatic heterocycles. The van der Waals surface area contributed by atoms with Crippen LogP contribution in [0.4, 0.5) is 4.79 Å². The minimum absolute atomic E-state index is 0.0500. The zero-order valence-corrected chi connectivity index (χ0v) is 22.4. The monoisotopic (exact) mass is 548 g/mol. The molecule has 194 valence electrons. The van der Waals surface area contributed by atoms with Gasteiger partial charge in [-0.25, -0.2) is 9.17 Å². The van der Waals surface area contributed by atoms with E-state index in [4.69, 9.17) is 21.3 Å². The van der Waals surface area contributed by atoms with Crippen LogP contribution in [0, 0.1) is 11.3 Å². The number of hydrogen-bond acceptors (Lipinski definition) is 7. The van der Waals surface area contributed by atoms with Crippen LogP contribution in [-0.2, 0) is 4.79 Å². The van der Waals surface area contributed by atoms with Crippen molar-refractivity contribution < 1.29 is 14.3 Å². The van der Waals surface area contributed by atoms with Crippen LogP contribution >= 0.6 is 23.1 Å². The first-order valence-corrected chi connectivity index (χ1v) is 13.4. The van der Waals surface area contributed by atoms with Gasteiger partial charge >= 0.3 is 6.03 Å². The Hall–Kier alpha value is -3.94. The van der Waals surface area contributed by atoms with Gasteiger partial charge in [-0.2, -0.15) is 5.26 Å². The minimum atomic E-state index is -0.523. The summed E-state index contributed by atoms with van der Waals surface area (Å²) >= 11 is 7.47. The molecule has 1 N–H and O–H groups in total. The summed E-state index contributed by atoms with van der Waals surface area (Å²) in [6, 6.07) is 13.3. The van der Waals surface area contributed by atoms with Crippen molar-refractivity contribution in [3.63, 3.8) is 0 Å². The number of aromatic nitrogens is 1. The van der Waals surface area contributed by atoms with Crippen LogP contribution in [0.25, 0.3) is 0 Å². The fourth-order valence-electron chi connectivity index (χ4n) is 4.64. The van der Waals surface area contributed by atoms with E-state index in [-0.39, 0.29) is 24.6 Å². The average Bonchev–Trinajstić information content (AvgIpc) is 3.56. The van der Waals surface area contributed by atoms with Crippen molar-refractivity contribution in [1.29, 1.82) is 5.26 Å². The van der Waals surface area contributed by atoms with Gasteiger partial charge in [0.05, 0.1) is 29.3 Å². The van der Waals surface area contributed by atoms with Crippen molar-refractivity contribution in [3.05, 3.63) is 81.3 Å². The van der Waals surface area contributed by atoms with E-state index in [1.807, 2.05) is 31.4 Å². The zero-order valence-electron chi connectivity index (χ0n) is 20.8. The summed E-state index contributed by atoms with van der Waals surface area (Å²) in [5.41, 5.74) is 2.71. The third kappa shape index (κ3) is 5.08. The third-order valence-corrected chi connectivity index (χ3v) is 7.16. The molecule has 2 unspecified atom stereocenters. The first kappa shape index (κ1) is 25.7. The topological polar surface area (TPSA) is 111 Å². The number of piperazine rings is 1. The standard InChI is InChI=1S/C27H25ClN6O3S/c1-16(2)37-22-11-17(12-29)3-8-21(22)26-32-24(18-4-6-20(28)7-5-18)25(19-13-31-38-15-19)34(26)27(36)33-10-9-30-23(35)14-33/h3-8,11,13,15-16,24-25H,9-10,14H2,1-2H3,(H,30,35). The Bertz CT molecular complexity index is 1420. The molecule has 0 radical (unpaired) electrons. The van der Waals surface area contributed by atoms with Gasteiger partial charge in [0, 0.05) is 35.3 Å². The van der Waals surface area contributed by atoms with E-state index in [0.717, 1.165) is 11.1 Å². The van der Waals surface area contributed by atoms with E-state index in [9.17, 15) is 14.9 Å². The van der Waals surface area contributed by atoms with Gasteiger partial charge in [-0.3, -0.25) is 14.7 Å². The normalized spacial score (nSPS) is 19.2. The van der Waals surface area contributed by atoms with Gasteiger partial charge in [-0.05, 0) is 61.3 Å². The molecule has 2 atom stereocenters. The number of ether oxygens (including phenoxy) is 1. The molecule has 9 nitrogen and oxygen atoms in total. The Labute approximate surface area is 229 Å². The molecule has 5 rings (SSSR count). The lowest BCUT2D eigenvalue weighted by Crippen LogP contribution is -2.55. The Kier molecular flexibility index (Phi) is 7.31. The molecule has 0 aliphatic carbocycles. The van der Waals surface area contributed by atoms with Gasteiger partial charge in [-0.1, -0.05) is 23.7 Å². The summed E-state index contributed by atoms with van der Waals surface area (Å²) in [7, 11) is 0. The number of benzene rings is 2. The number of hydrogen-bond donors (Lipinski definition) is 1. The number of amides is 3. The van der Waals surface area contributed by atoms with Crippen LogP contribution < -0.4 is 10.1 Å². The molecule has 2 aromatic carbocycles. The molecule has 11 heteroatoms.